The van der Waals surface area contributed by atoms with Crippen molar-refractivity contribution >= 4 is 27.6 Å². The van der Waals surface area contributed by atoms with Crippen LogP contribution in [-0.4, -0.2) is 67.4 Å². The van der Waals surface area contributed by atoms with E-state index in [2.05, 4.69) is 5.16 Å². The number of halogens is 3. The number of methoxy groups -OCH3 is 1. The number of nitrogens with zero attached hydrogens (tertiary/aromatic N) is 2. The summed E-state index contributed by atoms with van der Waals surface area (Å²) in [6.45, 7) is -0.0505. The number of carboxylic acids is 1. The van der Waals surface area contributed by atoms with Crippen molar-refractivity contribution in [1.82, 2.24) is 9.62 Å². The van der Waals surface area contributed by atoms with E-state index in [4.69, 9.17) is 14.7 Å². The molecule has 2 atom stereocenters. The molecule has 1 spiro atoms. The number of nitrogens with one attached hydrogen (secondary N) is 1. The summed E-state index contributed by atoms with van der Waals surface area (Å²) in [5, 5.41) is 14.7. The molecule has 2 aromatic rings. The van der Waals surface area contributed by atoms with Crippen LogP contribution in [0.5, 0.6) is 5.75 Å². The van der Waals surface area contributed by atoms with Gasteiger partial charge in [-0.3, -0.25) is 4.79 Å². The lowest BCUT2D eigenvalue weighted by atomic mass is 9.89. The Morgan fingerprint density at radius 2 is 1.87 bits per heavy atom. The molecule has 2 N–H and O–H groups in total. The van der Waals surface area contributed by atoms with Crippen LogP contribution in [0.4, 0.5) is 13.2 Å². The number of alkyl halides is 3. The topological polar surface area (TPSA) is 135 Å². The van der Waals surface area contributed by atoms with Crippen LogP contribution in [0.15, 0.2) is 58.6 Å². The van der Waals surface area contributed by atoms with Crippen molar-refractivity contribution in [2.45, 2.75) is 42.0 Å². The Balaban J connectivity index is 1.49. The molecule has 2 unspecified atom stereocenters. The number of amides is 1. The molecule has 2 aliphatic heterocycles. The number of carboxylic acid groups (broad SMARTS) is 1. The van der Waals surface area contributed by atoms with Gasteiger partial charge >= 0.3 is 12.1 Å². The lowest BCUT2D eigenvalue weighted by molar-refractivity contribution is -0.161. The first-order chi connectivity index (χ1) is 17.9. The Morgan fingerprint density at radius 3 is 2.50 bits per heavy atom. The molecule has 2 aliphatic rings. The van der Waals surface area contributed by atoms with Gasteiger partial charge in [0.2, 0.25) is 10.0 Å². The van der Waals surface area contributed by atoms with Crippen LogP contribution in [0, 0.1) is 0 Å². The third kappa shape index (κ3) is 5.45. The number of piperidine rings is 1. The highest BCUT2D eigenvalue weighted by Crippen LogP contribution is 2.39. The molecule has 2 aromatic carbocycles. The van der Waals surface area contributed by atoms with Crippen molar-refractivity contribution in [1.29, 1.82) is 0 Å². The normalized spacial score (nSPS) is 20.9. The van der Waals surface area contributed by atoms with Crippen molar-refractivity contribution in [3.63, 3.8) is 0 Å². The van der Waals surface area contributed by atoms with Crippen molar-refractivity contribution in [2.24, 2.45) is 5.16 Å². The zero-order valence-corrected chi connectivity index (χ0v) is 20.9. The first-order valence-corrected chi connectivity index (χ1v) is 12.9. The van der Waals surface area contributed by atoms with Gasteiger partial charge in [-0.05, 0) is 43.2 Å². The van der Waals surface area contributed by atoms with E-state index in [1.54, 1.807) is 0 Å². The van der Waals surface area contributed by atoms with Crippen LogP contribution in [0.3, 0.4) is 0 Å². The molecule has 0 aliphatic carbocycles. The molecule has 1 fully saturated rings. The summed E-state index contributed by atoms with van der Waals surface area (Å²) in [7, 11) is -2.82. The van der Waals surface area contributed by atoms with Gasteiger partial charge in [-0.1, -0.05) is 23.4 Å². The van der Waals surface area contributed by atoms with Gasteiger partial charge in [0, 0.05) is 18.5 Å². The molecular formula is C24H24F3N3O7S. The van der Waals surface area contributed by atoms with Crippen LogP contribution >= 0.6 is 0 Å². The second-order valence-electron chi connectivity index (χ2n) is 8.95. The molecule has 10 nitrogen and oxygen atoms in total. The zero-order chi connectivity index (χ0) is 27.7. The van der Waals surface area contributed by atoms with Gasteiger partial charge in [-0.15, -0.1) is 0 Å². The predicted molar refractivity (Wildman–Crippen MR) is 127 cm³/mol. The Morgan fingerprint density at radius 1 is 1.18 bits per heavy atom. The summed E-state index contributed by atoms with van der Waals surface area (Å²) in [5.41, 5.74) is -1.88. The molecule has 14 heteroatoms. The number of sulfonamides is 1. The largest absolute Gasteiger partial charge is 0.496 e. The van der Waals surface area contributed by atoms with E-state index in [0.717, 1.165) is 4.31 Å². The molecule has 0 aromatic heterocycles. The second kappa shape index (κ2) is 10.3. The quantitative estimate of drug-likeness (QED) is 0.536. The summed E-state index contributed by atoms with van der Waals surface area (Å²) in [6.07, 6.45) is -4.36. The molecule has 1 amide bonds. The maximum atomic E-state index is 13.9. The highest BCUT2D eigenvalue weighted by atomic mass is 32.2. The SMILES string of the molecule is COc1ccccc1C(NC(=O)C1=NOC2(CCCN(S(=O)(=O)c3ccc(C(=O)O)cc3)C2)C1)C(F)(F)F. The highest BCUT2D eigenvalue weighted by Gasteiger charge is 2.49. The van der Waals surface area contributed by atoms with E-state index in [1.807, 2.05) is 5.32 Å². The molecule has 4 rings (SSSR count). The Labute approximate surface area is 216 Å². The number of ether oxygens (including phenoxy) is 1. The molecular weight excluding hydrogens is 531 g/mol. The van der Waals surface area contributed by atoms with Crippen molar-refractivity contribution in [2.75, 3.05) is 20.2 Å². The summed E-state index contributed by atoms with van der Waals surface area (Å²) < 4.78 is 74.1. The van der Waals surface area contributed by atoms with Crippen molar-refractivity contribution in [3.05, 3.63) is 59.7 Å². The smallest absolute Gasteiger partial charge is 0.413 e. The maximum Gasteiger partial charge on any atom is 0.413 e. The number of benzene rings is 2. The van der Waals surface area contributed by atoms with Crippen molar-refractivity contribution < 1.29 is 45.9 Å². The van der Waals surface area contributed by atoms with E-state index in [0.29, 0.717) is 12.8 Å². The Bertz CT molecular complexity index is 1360. The first-order valence-electron chi connectivity index (χ1n) is 11.5. The van der Waals surface area contributed by atoms with Crippen molar-refractivity contribution in [3.8, 4) is 5.75 Å². The molecule has 1 saturated heterocycles. The fourth-order valence-electron chi connectivity index (χ4n) is 4.50. The monoisotopic (exact) mass is 555 g/mol. The first kappa shape index (κ1) is 27.4. The van der Waals surface area contributed by atoms with Gasteiger partial charge in [0.05, 0.1) is 24.1 Å². The van der Waals surface area contributed by atoms with Crippen LogP contribution in [-0.2, 0) is 19.7 Å². The standard InChI is InChI=1S/C24H24F3N3O7S/c1-36-19-6-3-2-5-17(19)20(24(25,26)27)28-21(31)18-13-23(37-29-18)11-4-12-30(14-23)38(34,35)16-9-7-15(8-10-16)22(32)33/h2-3,5-10,20H,4,11-14H2,1H3,(H,28,31)(H,32,33). The Hall–Kier alpha value is -3.65. The van der Waals surface area contributed by atoms with E-state index in [9.17, 15) is 31.2 Å². The van der Waals surface area contributed by atoms with Gasteiger partial charge in [-0.2, -0.15) is 17.5 Å². The van der Waals surface area contributed by atoms with Crippen LogP contribution in [0.1, 0.15) is 41.2 Å². The minimum atomic E-state index is -4.84. The molecule has 38 heavy (non-hydrogen) atoms. The fourth-order valence-corrected chi connectivity index (χ4v) is 6.05. The molecule has 0 bridgehead atoms. The molecule has 2 heterocycles. The van der Waals surface area contributed by atoms with E-state index in [1.165, 1.54) is 55.6 Å². The molecule has 204 valence electrons. The second-order valence-corrected chi connectivity index (χ2v) is 10.9. The third-order valence-electron chi connectivity index (χ3n) is 6.40. The van der Waals surface area contributed by atoms with Gasteiger partial charge in [-0.25, -0.2) is 13.2 Å². The number of rotatable bonds is 7. The van der Waals surface area contributed by atoms with E-state index < -0.39 is 39.7 Å². The average Bonchev–Trinajstić information content (AvgIpc) is 3.29. The Kier molecular flexibility index (Phi) is 7.39. The molecule has 0 radical (unpaired) electrons. The lowest BCUT2D eigenvalue weighted by Crippen LogP contribution is -2.51. The van der Waals surface area contributed by atoms with Crippen LogP contribution in [0.2, 0.25) is 0 Å². The summed E-state index contributed by atoms with van der Waals surface area (Å²) in [6, 6.07) is 7.76. The van der Waals surface area contributed by atoms with Gasteiger partial charge in [0.25, 0.3) is 5.91 Å². The van der Waals surface area contributed by atoms with Crippen LogP contribution < -0.4 is 10.1 Å². The summed E-state index contributed by atoms with van der Waals surface area (Å²) in [4.78, 5) is 29.3. The lowest BCUT2D eigenvalue weighted by Gasteiger charge is -2.37. The van der Waals surface area contributed by atoms with E-state index >= 15 is 0 Å². The molecule has 0 saturated carbocycles. The maximum absolute atomic E-state index is 13.9. The number of carbonyl (C=O) groups excluding carboxylic acids is 1. The minimum Gasteiger partial charge on any atom is -0.496 e. The van der Waals surface area contributed by atoms with Crippen LogP contribution in [0.25, 0.3) is 0 Å². The number of carbonyl (C=O) groups is 2. The zero-order valence-electron chi connectivity index (χ0n) is 20.1. The average molecular weight is 556 g/mol. The highest BCUT2D eigenvalue weighted by molar-refractivity contribution is 7.89. The number of hydrogen-bond donors (Lipinski definition) is 2. The number of aromatic carboxylic acids is 1. The van der Waals surface area contributed by atoms with E-state index in [-0.39, 0.29) is 47.0 Å². The van der Waals surface area contributed by atoms with Gasteiger partial charge in [0.1, 0.15) is 11.5 Å². The summed E-state index contributed by atoms with van der Waals surface area (Å²) >= 11 is 0. The van der Waals surface area contributed by atoms with Gasteiger partial charge < -0.3 is 20.0 Å². The number of para-hydroxylation sites is 1. The third-order valence-corrected chi connectivity index (χ3v) is 8.26. The predicted octanol–water partition coefficient (Wildman–Crippen LogP) is 3.11. The number of hydrogen-bond acceptors (Lipinski definition) is 7. The fraction of sp³-hybridized carbons (Fsp3) is 0.375. The minimum absolute atomic E-state index is 0.0549. The van der Waals surface area contributed by atoms with Gasteiger partial charge in [0.15, 0.2) is 11.6 Å². The number of oxime groups is 1. The summed E-state index contributed by atoms with van der Waals surface area (Å²) in [5.74, 6) is -2.35.